The van der Waals surface area contributed by atoms with Gasteiger partial charge >= 0.3 is 0 Å². The molecule has 0 spiro atoms. The van der Waals surface area contributed by atoms with Gasteiger partial charge in [-0.3, -0.25) is 5.10 Å². The maximum Gasteiger partial charge on any atom is 0.137 e. The van der Waals surface area contributed by atoms with Crippen LogP contribution in [0.3, 0.4) is 0 Å². The molecule has 1 aromatic heterocycles. The molecule has 0 amide bonds. The van der Waals surface area contributed by atoms with E-state index in [1.165, 1.54) is 6.33 Å². The van der Waals surface area contributed by atoms with Gasteiger partial charge in [0, 0.05) is 6.54 Å². The Balaban J connectivity index is 0.00000112. The Hall–Kier alpha value is -1.39. The topological polar surface area (TPSA) is 67.6 Å². The zero-order valence-electron chi connectivity index (χ0n) is 8.13. The molecule has 1 heterocycles. The summed E-state index contributed by atoms with van der Waals surface area (Å²) in [5, 5.41) is 6.67. The lowest BCUT2D eigenvalue weighted by Crippen LogP contribution is -2.15. The van der Waals surface area contributed by atoms with E-state index in [-0.39, 0.29) is 18.3 Å². The van der Waals surface area contributed by atoms with Crippen LogP contribution in [0.15, 0.2) is 36.7 Å². The Bertz CT molecular complexity index is 374. The third-order valence-electron chi connectivity index (χ3n) is 2.20. The third kappa shape index (κ3) is 2.55. The van der Waals surface area contributed by atoms with Crippen molar-refractivity contribution >= 4 is 12.4 Å². The smallest absolute Gasteiger partial charge is 0.137 e. The summed E-state index contributed by atoms with van der Waals surface area (Å²) >= 11 is 0. The van der Waals surface area contributed by atoms with Gasteiger partial charge in [0.05, 0.1) is 5.92 Å². The van der Waals surface area contributed by atoms with Gasteiger partial charge in [0.25, 0.3) is 0 Å². The predicted molar refractivity (Wildman–Crippen MR) is 61.0 cm³/mol. The fourth-order valence-electron chi connectivity index (χ4n) is 1.47. The van der Waals surface area contributed by atoms with Crippen molar-refractivity contribution in [3.05, 3.63) is 48.0 Å². The van der Waals surface area contributed by atoms with Crippen LogP contribution in [-0.2, 0) is 0 Å². The lowest BCUT2D eigenvalue weighted by molar-refractivity contribution is 0.755. The average molecular weight is 225 g/mol. The van der Waals surface area contributed by atoms with Gasteiger partial charge in [-0.1, -0.05) is 30.3 Å². The minimum atomic E-state index is 0. The predicted octanol–water partition coefficient (Wildman–Crippen LogP) is 1.32. The molecular formula is C10H13ClN4. The molecule has 0 radical (unpaired) electrons. The number of H-pyrrole nitrogens is 1. The van der Waals surface area contributed by atoms with E-state index in [0.29, 0.717) is 6.54 Å². The second kappa shape index (κ2) is 5.48. The van der Waals surface area contributed by atoms with E-state index in [4.69, 9.17) is 5.73 Å². The number of nitrogens with one attached hydrogen (secondary N) is 1. The van der Waals surface area contributed by atoms with Crippen molar-refractivity contribution in [1.29, 1.82) is 0 Å². The molecule has 0 fully saturated rings. The van der Waals surface area contributed by atoms with E-state index in [9.17, 15) is 0 Å². The second-order valence-electron chi connectivity index (χ2n) is 3.07. The van der Waals surface area contributed by atoms with Gasteiger partial charge in [0.1, 0.15) is 12.2 Å². The molecule has 1 aromatic carbocycles. The summed E-state index contributed by atoms with van der Waals surface area (Å²) < 4.78 is 0. The largest absolute Gasteiger partial charge is 0.329 e. The molecule has 0 aliphatic rings. The van der Waals surface area contributed by atoms with Gasteiger partial charge in [-0.25, -0.2) is 4.98 Å². The summed E-state index contributed by atoms with van der Waals surface area (Å²) in [6, 6.07) is 10.1. The van der Waals surface area contributed by atoms with Crippen molar-refractivity contribution in [2.75, 3.05) is 6.54 Å². The average Bonchev–Trinajstić information content (AvgIpc) is 2.74. The Kier molecular flexibility index (Phi) is 4.27. The summed E-state index contributed by atoms with van der Waals surface area (Å²) in [6.07, 6.45) is 1.50. The first-order valence-electron chi connectivity index (χ1n) is 4.52. The zero-order valence-corrected chi connectivity index (χ0v) is 8.95. The molecule has 2 rings (SSSR count). The van der Waals surface area contributed by atoms with E-state index < -0.39 is 0 Å². The Morgan fingerprint density at radius 1 is 1.27 bits per heavy atom. The van der Waals surface area contributed by atoms with Gasteiger partial charge in [-0.15, -0.1) is 12.4 Å². The number of halogens is 1. The van der Waals surface area contributed by atoms with E-state index in [0.717, 1.165) is 11.4 Å². The molecule has 1 atom stereocenters. The molecule has 0 aliphatic carbocycles. The highest BCUT2D eigenvalue weighted by Gasteiger charge is 2.14. The van der Waals surface area contributed by atoms with Crippen LogP contribution in [0.2, 0.25) is 0 Å². The van der Waals surface area contributed by atoms with Gasteiger partial charge in [-0.2, -0.15) is 5.10 Å². The van der Waals surface area contributed by atoms with Gasteiger partial charge < -0.3 is 5.73 Å². The molecule has 80 valence electrons. The highest BCUT2D eigenvalue weighted by atomic mass is 35.5. The van der Waals surface area contributed by atoms with E-state index in [2.05, 4.69) is 15.2 Å². The minimum Gasteiger partial charge on any atom is -0.329 e. The van der Waals surface area contributed by atoms with Crippen molar-refractivity contribution in [2.24, 2.45) is 5.73 Å². The summed E-state index contributed by atoms with van der Waals surface area (Å²) in [5.41, 5.74) is 6.87. The number of nitrogens with zero attached hydrogens (tertiary/aromatic N) is 2. The van der Waals surface area contributed by atoms with Crippen LogP contribution in [0.1, 0.15) is 17.3 Å². The highest BCUT2D eigenvalue weighted by molar-refractivity contribution is 5.85. The molecule has 2 aromatic rings. The first-order chi connectivity index (χ1) is 6.92. The van der Waals surface area contributed by atoms with Crippen LogP contribution in [0.4, 0.5) is 0 Å². The normalized spacial score (nSPS) is 11.8. The summed E-state index contributed by atoms with van der Waals surface area (Å²) in [6.45, 7) is 0.527. The molecular weight excluding hydrogens is 212 g/mol. The number of benzene rings is 1. The van der Waals surface area contributed by atoms with Crippen LogP contribution in [0.5, 0.6) is 0 Å². The van der Waals surface area contributed by atoms with E-state index in [1.54, 1.807) is 0 Å². The summed E-state index contributed by atoms with van der Waals surface area (Å²) in [5.74, 6) is 0.928. The van der Waals surface area contributed by atoms with Gasteiger partial charge in [0.15, 0.2) is 0 Å². The van der Waals surface area contributed by atoms with Crippen molar-refractivity contribution in [1.82, 2.24) is 15.2 Å². The number of hydrogen-bond donors (Lipinski definition) is 2. The number of nitrogens with two attached hydrogens (primary N) is 1. The van der Waals surface area contributed by atoms with E-state index in [1.807, 2.05) is 30.3 Å². The van der Waals surface area contributed by atoms with Crippen LogP contribution in [0.25, 0.3) is 0 Å². The molecule has 0 saturated heterocycles. The zero-order chi connectivity index (χ0) is 9.80. The lowest BCUT2D eigenvalue weighted by atomic mass is 9.99. The molecule has 15 heavy (non-hydrogen) atoms. The number of hydrogen-bond acceptors (Lipinski definition) is 3. The van der Waals surface area contributed by atoms with Crippen LogP contribution >= 0.6 is 12.4 Å². The standard InChI is InChI=1S/C10H12N4.ClH/c11-6-9(10-12-7-13-14-10)8-4-2-1-3-5-8;/h1-5,7,9H,6,11H2,(H,12,13,14);1H. The molecule has 0 bridgehead atoms. The van der Waals surface area contributed by atoms with Crippen LogP contribution < -0.4 is 5.73 Å². The molecule has 4 nitrogen and oxygen atoms in total. The fourth-order valence-corrected chi connectivity index (χ4v) is 1.47. The number of rotatable bonds is 3. The Morgan fingerprint density at radius 2 is 2.00 bits per heavy atom. The first-order valence-corrected chi connectivity index (χ1v) is 4.52. The SMILES string of the molecule is Cl.NCC(c1ccccc1)c1ncn[nH]1. The lowest BCUT2D eigenvalue weighted by Gasteiger charge is -2.11. The quantitative estimate of drug-likeness (QED) is 0.826. The second-order valence-corrected chi connectivity index (χ2v) is 3.07. The molecule has 5 heteroatoms. The molecule has 0 saturated carbocycles. The summed E-state index contributed by atoms with van der Waals surface area (Å²) in [7, 11) is 0. The highest BCUT2D eigenvalue weighted by Crippen LogP contribution is 2.18. The number of aromatic nitrogens is 3. The first kappa shape index (κ1) is 11.7. The molecule has 3 N–H and O–H groups in total. The van der Waals surface area contributed by atoms with Crippen LogP contribution in [-0.4, -0.2) is 21.7 Å². The van der Waals surface area contributed by atoms with Gasteiger partial charge in [0.2, 0.25) is 0 Å². The monoisotopic (exact) mass is 224 g/mol. The molecule has 1 unspecified atom stereocenters. The van der Waals surface area contributed by atoms with Crippen molar-refractivity contribution in [2.45, 2.75) is 5.92 Å². The van der Waals surface area contributed by atoms with Gasteiger partial charge in [-0.05, 0) is 5.56 Å². The molecule has 0 aliphatic heterocycles. The Labute approximate surface area is 94.3 Å². The van der Waals surface area contributed by atoms with Crippen molar-refractivity contribution in [3.63, 3.8) is 0 Å². The summed E-state index contributed by atoms with van der Waals surface area (Å²) in [4.78, 5) is 4.12. The van der Waals surface area contributed by atoms with Crippen molar-refractivity contribution < 1.29 is 0 Å². The Morgan fingerprint density at radius 3 is 2.53 bits per heavy atom. The number of aromatic amines is 1. The maximum absolute atomic E-state index is 5.71. The van der Waals surface area contributed by atoms with E-state index >= 15 is 0 Å². The minimum absolute atomic E-state index is 0. The maximum atomic E-state index is 5.71. The third-order valence-corrected chi connectivity index (χ3v) is 2.20. The van der Waals surface area contributed by atoms with Crippen LogP contribution in [0, 0.1) is 0 Å². The fraction of sp³-hybridized carbons (Fsp3) is 0.200. The van der Waals surface area contributed by atoms with Crippen molar-refractivity contribution in [3.8, 4) is 0 Å².